The van der Waals surface area contributed by atoms with Crippen LogP contribution in [0.4, 0.5) is 0 Å². The molecule has 0 spiro atoms. The third kappa shape index (κ3) is 5.10. The highest BCUT2D eigenvalue weighted by Gasteiger charge is 2.51. The Morgan fingerprint density at radius 1 is 0.966 bits per heavy atom. The van der Waals surface area contributed by atoms with E-state index in [1.807, 2.05) is 0 Å². The van der Waals surface area contributed by atoms with Gasteiger partial charge in [-0.3, -0.25) is 14.4 Å². The summed E-state index contributed by atoms with van der Waals surface area (Å²) in [6.45, 7) is -0.726. The minimum atomic E-state index is -3.08. The second-order valence-electron chi connectivity index (χ2n) is 9.70. The van der Waals surface area contributed by atoms with Crippen molar-refractivity contribution in [2.75, 3.05) is 24.7 Å². The van der Waals surface area contributed by atoms with Gasteiger partial charge in [0.15, 0.2) is 16.4 Å². The molecule has 0 aromatic carbocycles. The van der Waals surface area contributed by atoms with E-state index in [0.29, 0.717) is 12.8 Å². The van der Waals surface area contributed by atoms with Crippen LogP contribution >= 0.6 is 0 Å². The van der Waals surface area contributed by atoms with Crippen molar-refractivity contribution in [2.24, 2.45) is 23.2 Å². The minimum absolute atomic E-state index is 0.0630. The predicted molar refractivity (Wildman–Crippen MR) is 104 cm³/mol. The Bertz CT molecular complexity index is 758. The Morgan fingerprint density at radius 2 is 1.59 bits per heavy atom. The maximum absolute atomic E-state index is 12.4. The van der Waals surface area contributed by atoms with E-state index < -0.39 is 34.4 Å². The smallest absolute Gasteiger partial charge is 0.325 e. The number of rotatable bonds is 7. The highest BCUT2D eigenvalue weighted by Crippen LogP contribution is 2.61. The Morgan fingerprint density at radius 3 is 2.14 bits per heavy atom. The summed E-state index contributed by atoms with van der Waals surface area (Å²) in [4.78, 5) is 36.0. The molecule has 4 bridgehead atoms. The number of hydrogen-bond acceptors (Lipinski definition) is 6. The molecule has 8 nitrogen and oxygen atoms in total. The summed E-state index contributed by atoms with van der Waals surface area (Å²) in [5, 5.41) is 5.20. The first kappa shape index (κ1) is 20.6. The van der Waals surface area contributed by atoms with Gasteiger partial charge in [0.25, 0.3) is 5.91 Å². The quantitative estimate of drug-likeness (QED) is 0.574. The van der Waals surface area contributed by atoms with Gasteiger partial charge in [0.1, 0.15) is 6.54 Å². The first-order chi connectivity index (χ1) is 13.7. The summed E-state index contributed by atoms with van der Waals surface area (Å²) in [6, 6.07) is -0.425. The fraction of sp³-hybridized carbons (Fsp3) is 0.850. The van der Waals surface area contributed by atoms with Crippen LogP contribution in [0.3, 0.4) is 0 Å². The number of carbonyl (C=O) groups excluding carboxylic acids is 3. The lowest BCUT2D eigenvalue weighted by molar-refractivity contribution is -0.149. The van der Waals surface area contributed by atoms with Crippen LogP contribution in [0, 0.1) is 23.2 Å². The molecule has 1 atom stereocenters. The molecule has 4 aliphatic carbocycles. The van der Waals surface area contributed by atoms with E-state index in [-0.39, 0.29) is 29.4 Å². The van der Waals surface area contributed by atoms with Crippen molar-refractivity contribution >= 4 is 27.6 Å². The summed E-state index contributed by atoms with van der Waals surface area (Å²) < 4.78 is 27.7. The maximum atomic E-state index is 12.4. The molecule has 0 aromatic rings. The lowest BCUT2D eigenvalue weighted by Gasteiger charge is -2.56. The molecule has 5 fully saturated rings. The zero-order chi connectivity index (χ0) is 20.6. The van der Waals surface area contributed by atoms with Crippen molar-refractivity contribution in [1.29, 1.82) is 0 Å². The monoisotopic (exact) mass is 426 g/mol. The van der Waals surface area contributed by atoms with Gasteiger partial charge in [0.05, 0.1) is 11.5 Å². The molecule has 1 saturated heterocycles. The molecular weight excluding hydrogens is 396 g/mol. The number of amides is 2. The van der Waals surface area contributed by atoms with Crippen LogP contribution in [0.25, 0.3) is 0 Å². The second kappa shape index (κ2) is 7.89. The fourth-order valence-electron chi connectivity index (χ4n) is 6.46. The Hall–Kier alpha value is -1.64. The molecule has 0 unspecified atom stereocenters. The summed E-state index contributed by atoms with van der Waals surface area (Å²) in [5.74, 6) is 0.982. The number of hydrogen-bond donors (Lipinski definition) is 2. The topological polar surface area (TPSA) is 119 Å². The van der Waals surface area contributed by atoms with Crippen LogP contribution in [-0.4, -0.2) is 56.9 Å². The van der Waals surface area contributed by atoms with Crippen molar-refractivity contribution in [3.8, 4) is 0 Å². The van der Waals surface area contributed by atoms with Gasteiger partial charge in [-0.1, -0.05) is 0 Å². The zero-order valence-electron chi connectivity index (χ0n) is 16.7. The normalized spacial score (nSPS) is 36.6. The number of sulfone groups is 1. The predicted octanol–water partition coefficient (Wildman–Crippen LogP) is 0.556. The first-order valence-electron chi connectivity index (χ1n) is 10.6. The van der Waals surface area contributed by atoms with E-state index in [0.717, 1.165) is 37.0 Å². The van der Waals surface area contributed by atoms with E-state index in [9.17, 15) is 22.8 Å². The van der Waals surface area contributed by atoms with E-state index in [1.165, 1.54) is 19.3 Å². The molecule has 0 radical (unpaired) electrons. The van der Waals surface area contributed by atoms with Crippen molar-refractivity contribution < 1.29 is 27.5 Å². The van der Waals surface area contributed by atoms with Crippen LogP contribution in [0.15, 0.2) is 0 Å². The maximum Gasteiger partial charge on any atom is 0.325 e. The Balaban J connectivity index is 1.14. The van der Waals surface area contributed by atoms with Gasteiger partial charge in [-0.25, -0.2) is 8.42 Å². The molecule has 2 N–H and O–H groups in total. The summed E-state index contributed by atoms with van der Waals surface area (Å²) in [5.41, 5.74) is 0.115. The fourth-order valence-corrected chi connectivity index (χ4v) is 8.13. The standard InChI is InChI=1S/C20H30N2O6S/c23-17(9-20-6-13-3-14(7-20)5-15(4-13)8-20)21-10-19(25)28-11-18(24)22-16-1-2-29(26,27)12-16/h13-16H,1-12H2,(H,21,23)(H,22,24)/t13?,14?,15?,16-,20?/m0/s1. The van der Waals surface area contributed by atoms with Gasteiger partial charge in [-0.15, -0.1) is 0 Å². The van der Waals surface area contributed by atoms with Gasteiger partial charge in [-0.2, -0.15) is 0 Å². The van der Waals surface area contributed by atoms with Gasteiger partial charge < -0.3 is 15.4 Å². The summed E-state index contributed by atoms with van der Waals surface area (Å²) in [6.07, 6.45) is 8.21. The first-order valence-corrected chi connectivity index (χ1v) is 12.4. The molecule has 4 saturated carbocycles. The lowest BCUT2D eigenvalue weighted by atomic mass is 9.49. The molecule has 0 aromatic heterocycles. The van der Waals surface area contributed by atoms with Crippen LogP contribution < -0.4 is 10.6 Å². The minimum Gasteiger partial charge on any atom is -0.454 e. The van der Waals surface area contributed by atoms with Gasteiger partial charge in [0, 0.05) is 12.5 Å². The van der Waals surface area contributed by atoms with Crippen LogP contribution in [0.5, 0.6) is 0 Å². The molecule has 2 amide bonds. The highest BCUT2D eigenvalue weighted by molar-refractivity contribution is 7.91. The van der Waals surface area contributed by atoms with Crippen LogP contribution in [-0.2, 0) is 29.0 Å². The van der Waals surface area contributed by atoms with Crippen LogP contribution in [0.1, 0.15) is 51.4 Å². The molecular formula is C20H30N2O6S. The van der Waals surface area contributed by atoms with Crippen molar-refractivity contribution in [2.45, 2.75) is 57.4 Å². The van der Waals surface area contributed by atoms with Crippen molar-refractivity contribution in [1.82, 2.24) is 10.6 Å². The van der Waals surface area contributed by atoms with Crippen molar-refractivity contribution in [3.05, 3.63) is 0 Å². The molecule has 9 heteroatoms. The van der Waals surface area contributed by atoms with Crippen LogP contribution in [0.2, 0.25) is 0 Å². The summed E-state index contributed by atoms with van der Waals surface area (Å²) in [7, 11) is -3.08. The summed E-state index contributed by atoms with van der Waals surface area (Å²) >= 11 is 0. The van der Waals surface area contributed by atoms with Gasteiger partial charge >= 0.3 is 5.97 Å². The molecule has 29 heavy (non-hydrogen) atoms. The molecule has 1 aliphatic heterocycles. The SMILES string of the molecule is O=C(CC12CC3CC(CC(C3)C1)C2)NCC(=O)OCC(=O)N[C@H]1CCS(=O)(=O)C1. The molecule has 5 rings (SSSR count). The number of nitrogens with one attached hydrogen (secondary N) is 2. The Kier molecular flexibility index (Phi) is 5.61. The third-order valence-electron chi connectivity index (χ3n) is 7.09. The molecule has 162 valence electrons. The highest BCUT2D eigenvalue weighted by atomic mass is 32.2. The Labute approximate surface area is 171 Å². The second-order valence-corrected chi connectivity index (χ2v) is 11.9. The van der Waals surface area contributed by atoms with E-state index in [2.05, 4.69) is 10.6 Å². The largest absolute Gasteiger partial charge is 0.454 e. The number of esters is 1. The van der Waals surface area contributed by atoms with Gasteiger partial charge in [-0.05, 0) is 68.1 Å². The zero-order valence-corrected chi connectivity index (χ0v) is 17.5. The average molecular weight is 427 g/mol. The van der Waals surface area contributed by atoms with Crippen molar-refractivity contribution in [3.63, 3.8) is 0 Å². The average Bonchev–Trinajstić information content (AvgIpc) is 2.95. The molecule has 5 aliphatic rings. The van der Waals surface area contributed by atoms with E-state index in [4.69, 9.17) is 4.74 Å². The van der Waals surface area contributed by atoms with E-state index >= 15 is 0 Å². The number of carbonyl (C=O) groups is 3. The third-order valence-corrected chi connectivity index (χ3v) is 8.86. The molecule has 1 heterocycles. The number of ether oxygens (including phenoxy) is 1. The van der Waals surface area contributed by atoms with Gasteiger partial charge in [0.2, 0.25) is 5.91 Å². The lowest BCUT2D eigenvalue weighted by Crippen LogP contribution is -2.48. The van der Waals surface area contributed by atoms with E-state index in [1.54, 1.807) is 0 Å².